The summed E-state index contributed by atoms with van der Waals surface area (Å²) in [5.74, 6) is 0.707. The molecule has 8 heteroatoms. The lowest BCUT2D eigenvalue weighted by Crippen LogP contribution is -2.61. The van der Waals surface area contributed by atoms with Crippen molar-refractivity contribution in [1.29, 1.82) is 0 Å². The molecule has 0 saturated carbocycles. The molecule has 28 heavy (non-hydrogen) atoms. The molecule has 0 unspecified atom stereocenters. The van der Waals surface area contributed by atoms with Crippen LogP contribution in [-0.4, -0.2) is 26.7 Å². The van der Waals surface area contributed by atoms with Crippen LogP contribution in [0.1, 0.15) is 32.1 Å². The molecule has 1 atom stereocenters. The van der Waals surface area contributed by atoms with Gasteiger partial charge in [0.1, 0.15) is 5.69 Å². The Kier molecular flexibility index (Phi) is 4.95. The van der Waals surface area contributed by atoms with E-state index in [2.05, 4.69) is 15.1 Å². The van der Waals surface area contributed by atoms with Gasteiger partial charge >= 0.3 is 17.4 Å². The lowest BCUT2D eigenvalue weighted by atomic mass is 10.0. The molecule has 3 heterocycles. The average molecular weight is 394 g/mol. The van der Waals surface area contributed by atoms with Crippen LogP contribution >= 0.6 is 11.8 Å². The van der Waals surface area contributed by atoms with E-state index in [1.165, 1.54) is 11.8 Å². The van der Waals surface area contributed by atoms with E-state index in [1.807, 2.05) is 56.3 Å². The number of para-hydroxylation sites is 1. The highest BCUT2D eigenvalue weighted by molar-refractivity contribution is 7.99. The number of hydrogen-bond donors (Lipinski definition) is 1. The van der Waals surface area contributed by atoms with Gasteiger partial charge in [-0.25, -0.2) is 4.90 Å². The lowest BCUT2D eigenvalue weighted by molar-refractivity contribution is -0.763. The van der Waals surface area contributed by atoms with Gasteiger partial charge in [0.15, 0.2) is 0 Å². The topological polar surface area (TPSA) is 82.8 Å². The summed E-state index contributed by atoms with van der Waals surface area (Å²) in [5.41, 5.74) is 2.21. The van der Waals surface area contributed by atoms with Crippen LogP contribution in [0.25, 0.3) is 11.3 Å². The first kappa shape index (κ1) is 18.4. The highest BCUT2D eigenvalue weighted by atomic mass is 32.2. The number of carbonyl (C=O) groups excluding carboxylic acids is 1. The van der Waals surface area contributed by atoms with Crippen LogP contribution in [-0.2, 0) is 4.79 Å². The molecule has 0 bridgehead atoms. The SMILES string of the molecule is CCSc1n[n+]2c(c(=O)[nH]1)-c1ccccc1N(C(=O)CC)[C@@H]2c1ccccn1. The van der Waals surface area contributed by atoms with Crippen LogP contribution in [0.2, 0.25) is 0 Å². The van der Waals surface area contributed by atoms with Gasteiger partial charge in [0, 0.05) is 17.7 Å². The molecule has 0 spiro atoms. The molecule has 1 aromatic carbocycles. The van der Waals surface area contributed by atoms with E-state index in [0.717, 1.165) is 5.75 Å². The number of benzene rings is 1. The summed E-state index contributed by atoms with van der Waals surface area (Å²) in [6.07, 6.45) is 1.38. The zero-order chi connectivity index (χ0) is 19.7. The second-order valence-electron chi connectivity index (χ2n) is 6.25. The average Bonchev–Trinajstić information content (AvgIpc) is 2.72. The molecule has 3 aromatic rings. The van der Waals surface area contributed by atoms with Crippen LogP contribution in [0.3, 0.4) is 0 Å². The van der Waals surface area contributed by atoms with E-state index >= 15 is 0 Å². The van der Waals surface area contributed by atoms with Gasteiger partial charge < -0.3 is 0 Å². The number of nitrogens with zero attached hydrogens (tertiary/aromatic N) is 4. The molecule has 1 N–H and O–H groups in total. The predicted molar refractivity (Wildman–Crippen MR) is 107 cm³/mol. The number of carbonyl (C=O) groups is 1. The van der Waals surface area contributed by atoms with E-state index in [1.54, 1.807) is 15.8 Å². The second kappa shape index (κ2) is 7.55. The molecule has 1 aliphatic rings. The molecule has 0 aliphatic carbocycles. The minimum atomic E-state index is -0.628. The molecule has 4 rings (SSSR count). The summed E-state index contributed by atoms with van der Waals surface area (Å²) < 4.78 is 1.63. The first-order chi connectivity index (χ1) is 13.7. The van der Waals surface area contributed by atoms with E-state index in [-0.39, 0.29) is 11.5 Å². The van der Waals surface area contributed by atoms with Gasteiger partial charge in [-0.15, -0.1) is 0 Å². The summed E-state index contributed by atoms with van der Waals surface area (Å²) in [6, 6.07) is 13.0. The molecular weight excluding hydrogens is 374 g/mol. The van der Waals surface area contributed by atoms with Gasteiger partial charge in [0.05, 0.1) is 11.3 Å². The van der Waals surface area contributed by atoms with Crippen molar-refractivity contribution < 1.29 is 9.48 Å². The second-order valence-corrected chi connectivity index (χ2v) is 7.50. The maximum absolute atomic E-state index is 13.0. The maximum atomic E-state index is 13.0. The Balaban J connectivity index is 2.06. The van der Waals surface area contributed by atoms with Gasteiger partial charge in [-0.3, -0.25) is 19.6 Å². The van der Waals surface area contributed by atoms with E-state index in [4.69, 9.17) is 0 Å². The van der Waals surface area contributed by atoms with Crippen molar-refractivity contribution in [1.82, 2.24) is 15.1 Å². The first-order valence-corrected chi connectivity index (χ1v) is 10.2. The molecule has 0 saturated heterocycles. The number of fused-ring (bicyclic) bond motifs is 3. The van der Waals surface area contributed by atoms with E-state index in [9.17, 15) is 9.59 Å². The van der Waals surface area contributed by atoms with Gasteiger partial charge in [-0.05, 0) is 34.7 Å². The molecule has 7 nitrogen and oxygen atoms in total. The zero-order valence-corrected chi connectivity index (χ0v) is 16.4. The number of anilines is 1. The van der Waals surface area contributed by atoms with Crippen LogP contribution in [0.4, 0.5) is 5.69 Å². The van der Waals surface area contributed by atoms with Crippen LogP contribution in [0, 0.1) is 0 Å². The van der Waals surface area contributed by atoms with Crippen molar-refractivity contribution in [3.63, 3.8) is 0 Å². The van der Waals surface area contributed by atoms with Crippen LogP contribution in [0.5, 0.6) is 0 Å². The fraction of sp³-hybridized carbons (Fsp3) is 0.250. The fourth-order valence-electron chi connectivity index (χ4n) is 3.41. The first-order valence-electron chi connectivity index (χ1n) is 9.17. The normalized spacial score (nSPS) is 15.1. The van der Waals surface area contributed by atoms with Gasteiger partial charge in [0.25, 0.3) is 0 Å². The number of thioether (sulfide) groups is 1. The Morgan fingerprint density at radius 1 is 1.21 bits per heavy atom. The third kappa shape index (κ3) is 2.99. The molecule has 2 aromatic heterocycles. The molecule has 0 radical (unpaired) electrons. The number of hydrogen-bond acceptors (Lipinski definition) is 5. The van der Waals surface area contributed by atoms with Crippen molar-refractivity contribution in [3.05, 3.63) is 64.7 Å². The molecule has 0 fully saturated rings. The number of aromatic amines is 1. The quantitative estimate of drug-likeness (QED) is 0.543. The minimum Gasteiger partial charge on any atom is -0.291 e. The third-order valence-corrected chi connectivity index (χ3v) is 5.31. The summed E-state index contributed by atoms with van der Waals surface area (Å²) in [4.78, 5) is 35.0. The van der Waals surface area contributed by atoms with Crippen molar-refractivity contribution in [2.45, 2.75) is 31.6 Å². The highest BCUT2D eigenvalue weighted by Gasteiger charge is 2.45. The van der Waals surface area contributed by atoms with Gasteiger partial charge in [0.2, 0.25) is 11.1 Å². The van der Waals surface area contributed by atoms with Crippen molar-refractivity contribution in [2.75, 3.05) is 10.7 Å². The molecular formula is C20H20N5O2S+. The van der Waals surface area contributed by atoms with Crippen molar-refractivity contribution in [2.24, 2.45) is 0 Å². The predicted octanol–water partition coefficient (Wildman–Crippen LogP) is 2.53. The number of amides is 1. The molecule has 142 valence electrons. The van der Waals surface area contributed by atoms with Crippen molar-refractivity contribution >= 4 is 23.4 Å². The lowest BCUT2D eigenvalue weighted by Gasteiger charge is -2.31. The Labute approximate surface area is 166 Å². The Morgan fingerprint density at radius 3 is 2.71 bits per heavy atom. The van der Waals surface area contributed by atoms with Crippen LogP contribution < -0.4 is 15.1 Å². The summed E-state index contributed by atoms with van der Waals surface area (Å²) in [7, 11) is 0. The number of rotatable bonds is 4. The Morgan fingerprint density at radius 2 is 2.00 bits per heavy atom. The minimum absolute atomic E-state index is 0.0620. The Bertz CT molecular complexity index is 1080. The number of H-pyrrole nitrogens is 1. The number of nitrogens with one attached hydrogen (secondary N) is 1. The fourth-order valence-corrected chi connectivity index (χ4v) is 3.99. The maximum Gasteiger partial charge on any atom is 0.325 e. The molecule has 1 aliphatic heterocycles. The zero-order valence-electron chi connectivity index (χ0n) is 15.6. The smallest absolute Gasteiger partial charge is 0.291 e. The third-order valence-electron chi connectivity index (χ3n) is 4.56. The van der Waals surface area contributed by atoms with Gasteiger partial charge in [-0.2, -0.15) is 0 Å². The summed E-state index contributed by atoms with van der Waals surface area (Å²) in [6.45, 7) is 3.82. The summed E-state index contributed by atoms with van der Waals surface area (Å²) >= 11 is 1.44. The highest BCUT2D eigenvalue weighted by Crippen LogP contribution is 2.36. The Hall–Kier alpha value is -3.00. The van der Waals surface area contributed by atoms with E-state index < -0.39 is 6.17 Å². The monoisotopic (exact) mass is 394 g/mol. The van der Waals surface area contributed by atoms with Gasteiger partial charge in [-0.1, -0.05) is 43.8 Å². The van der Waals surface area contributed by atoms with E-state index in [0.29, 0.717) is 34.2 Å². The molecule has 1 amide bonds. The van der Waals surface area contributed by atoms with Crippen molar-refractivity contribution in [3.8, 4) is 11.3 Å². The summed E-state index contributed by atoms with van der Waals surface area (Å²) in [5, 5.41) is 5.19. The number of aromatic nitrogens is 4. The largest absolute Gasteiger partial charge is 0.325 e. The standard InChI is InChI=1S/C20H19N5O2S/c1-3-16(26)24-15-11-6-5-9-13(15)17-18(27)22-20(28-4-2)23-25(17)19(24)14-10-7-8-12-21-14/h5-12,19H,3-4H2,1-2H3/p+1/t19-/m0/s1. The van der Waals surface area contributed by atoms with Crippen LogP contribution in [0.15, 0.2) is 58.6 Å². The number of pyridine rings is 1.